The first-order valence-corrected chi connectivity index (χ1v) is 12.2. The number of hydrogen-bond donors (Lipinski definition) is 1. The molecule has 0 unspecified atom stereocenters. The number of anilines is 1. The summed E-state index contributed by atoms with van der Waals surface area (Å²) in [6.45, 7) is 7.25. The predicted molar refractivity (Wildman–Crippen MR) is 135 cm³/mol. The molecule has 1 aliphatic rings. The van der Waals surface area contributed by atoms with E-state index in [1.54, 1.807) is 35.9 Å². The molecule has 1 saturated heterocycles. The van der Waals surface area contributed by atoms with Crippen LogP contribution in [0.2, 0.25) is 0 Å². The van der Waals surface area contributed by atoms with Gasteiger partial charge in [-0.15, -0.1) is 0 Å². The predicted octanol–water partition coefficient (Wildman–Crippen LogP) is 3.20. The summed E-state index contributed by atoms with van der Waals surface area (Å²) in [4.78, 5) is 22.4. The Morgan fingerprint density at radius 1 is 1.08 bits per heavy atom. The van der Waals surface area contributed by atoms with Gasteiger partial charge in [-0.2, -0.15) is 5.10 Å². The van der Waals surface area contributed by atoms with E-state index in [1.807, 2.05) is 10.9 Å². The van der Waals surface area contributed by atoms with Crippen LogP contribution >= 0.6 is 0 Å². The third-order valence-electron chi connectivity index (χ3n) is 6.57. The molecule has 11 heteroatoms. The number of imidazole rings is 1. The molecular weight excluding hydrogens is 480 g/mol. The lowest BCUT2D eigenvalue weighted by Gasteiger charge is -2.32. The Balaban J connectivity index is 1.27. The van der Waals surface area contributed by atoms with Crippen LogP contribution in [0.5, 0.6) is 5.75 Å². The molecule has 0 atom stereocenters. The largest absolute Gasteiger partial charge is 0.485 e. The molecule has 3 aromatic heterocycles. The Labute approximate surface area is 213 Å². The van der Waals surface area contributed by atoms with Crippen LogP contribution in [0.15, 0.2) is 48.9 Å². The number of nitrogens with zero attached hydrogens (tertiary/aromatic N) is 6. The molecular formula is C26H29F2N7O2. The van der Waals surface area contributed by atoms with Crippen LogP contribution in [0, 0.1) is 18.6 Å². The monoisotopic (exact) mass is 509 g/mol. The maximum Gasteiger partial charge on any atom is 0.274 e. The van der Waals surface area contributed by atoms with Gasteiger partial charge < -0.3 is 15.0 Å². The van der Waals surface area contributed by atoms with E-state index in [0.717, 1.165) is 39.3 Å². The number of benzene rings is 1. The van der Waals surface area contributed by atoms with Crippen LogP contribution in [0.1, 0.15) is 21.7 Å². The minimum absolute atomic E-state index is 0.171. The zero-order chi connectivity index (χ0) is 25.9. The van der Waals surface area contributed by atoms with Crippen LogP contribution in [0.4, 0.5) is 14.5 Å². The van der Waals surface area contributed by atoms with Crippen molar-refractivity contribution in [2.45, 2.75) is 20.1 Å². The second kappa shape index (κ2) is 10.7. The summed E-state index contributed by atoms with van der Waals surface area (Å²) in [6, 6.07) is 6.99. The van der Waals surface area contributed by atoms with Crippen LogP contribution in [0.25, 0.3) is 5.65 Å². The highest BCUT2D eigenvalue weighted by Gasteiger charge is 2.20. The summed E-state index contributed by atoms with van der Waals surface area (Å²) < 4.78 is 37.1. The minimum atomic E-state index is -0.685. The number of nitrogens with one attached hydrogen (secondary N) is 1. The number of carbonyl (C=O) groups excluding carboxylic acids is 1. The van der Waals surface area contributed by atoms with E-state index in [1.165, 1.54) is 18.2 Å². The second-order valence-corrected chi connectivity index (χ2v) is 9.19. The van der Waals surface area contributed by atoms with Gasteiger partial charge >= 0.3 is 0 Å². The highest BCUT2D eigenvalue weighted by Crippen LogP contribution is 2.24. The van der Waals surface area contributed by atoms with Crippen molar-refractivity contribution in [2.75, 3.05) is 45.1 Å². The van der Waals surface area contributed by atoms with Gasteiger partial charge in [0, 0.05) is 45.1 Å². The molecule has 5 rings (SSSR count). The van der Waals surface area contributed by atoms with E-state index in [-0.39, 0.29) is 18.1 Å². The fourth-order valence-corrected chi connectivity index (χ4v) is 4.42. The normalized spacial score (nSPS) is 14.8. The van der Waals surface area contributed by atoms with Crippen LogP contribution < -0.4 is 10.1 Å². The van der Waals surface area contributed by atoms with E-state index in [9.17, 15) is 13.6 Å². The highest BCUT2D eigenvalue weighted by atomic mass is 19.1. The molecule has 0 aliphatic carbocycles. The molecule has 4 aromatic rings. The molecule has 37 heavy (non-hydrogen) atoms. The topological polar surface area (TPSA) is 79.9 Å². The number of aromatic nitrogens is 4. The number of halogens is 2. The number of fused-ring (bicyclic) bond motifs is 1. The van der Waals surface area contributed by atoms with Crippen molar-refractivity contribution in [2.24, 2.45) is 0 Å². The number of piperazine rings is 1. The number of hydrogen-bond acceptors (Lipinski definition) is 6. The van der Waals surface area contributed by atoms with E-state index in [4.69, 9.17) is 4.74 Å². The second-order valence-electron chi connectivity index (χ2n) is 9.19. The maximum atomic E-state index is 14.0. The standard InChI is InChI=1S/C26H29F2N7O2/c1-18-24(26(36)31-19-15-29-34(16-19)14-13-33-11-9-32(2)10-12-33)35-8-4-7-23(25(35)30-18)37-17-20-21(27)5-3-6-22(20)28/h3-8,15-16H,9-14,17H2,1-2H3,(H,31,36). The highest BCUT2D eigenvalue weighted by molar-refractivity contribution is 6.04. The zero-order valence-corrected chi connectivity index (χ0v) is 20.8. The van der Waals surface area contributed by atoms with Crippen molar-refractivity contribution >= 4 is 17.2 Å². The van der Waals surface area contributed by atoms with Crippen molar-refractivity contribution in [1.82, 2.24) is 29.0 Å². The van der Waals surface area contributed by atoms with Gasteiger partial charge in [-0.25, -0.2) is 13.8 Å². The molecule has 9 nitrogen and oxygen atoms in total. The van der Waals surface area contributed by atoms with Crippen molar-refractivity contribution in [3.63, 3.8) is 0 Å². The molecule has 1 fully saturated rings. The Kier molecular flexibility index (Phi) is 7.15. The Bertz CT molecular complexity index is 1390. The summed E-state index contributed by atoms with van der Waals surface area (Å²) in [5, 5.41) is 7.27. The van der Waals surface area contributed by atoms with Gasteiger partial charge in [0.15, 0.2) is 11.4 Å². The van der Waals surface area contributed by atoms with Gasteiger partial charge in [0.05, 0.1) is 29.7 Å². The van der Waals surface area contributed by atoms with Gasteiger partial charge in [0.2, 0.25) is 0 Å². The molecule has 1 amide bonds. The Morgan fingerprint density at radius 3 is 2.59 bits per heavy atom. The maximum absolute atomic E-state index is 14.0. The molecule has 194 valence electrons. The van der Waals surface area contributed by atoms with Crippen LogP contribution in [0.3, 0.4) is 0 Å². The fourth-order valence-electron chi connectivity index (χ4n) is 4.42. The van der Waals surface area contributed by atoms with Gasteiger partial charge in [-0.05, 0) is 38.2 Å². The smallest absolute Gasteiger partial charge is 0.274 e. The van der Waals surface area contributed by atoms with Crippen LogP contribution in [-0.4, -0.2) is 74.6 Å². The molecule has 0 bridgehead atoms. The molecule has 0 saturated carbocycles. The summed E-state index contributed by atoms with van der Waals surface area (Å²) in [5.74, 6) is -1.41. The molecule has 4 heterocycles. The first kappa shape index (κ1) is 24.8. The summed E-state index contributed by atoms with van der Waals surface area (Å²) in [6.07, 6.45) is 5.13. The number of rotatable bonds is 8. The lowest BCUT2D eigenvalue weighted by Crippen LogP contribution is -2.45. The average Bonchev–Trinajstić information content (AvgIpc) is 3.46. The van der Waals surface area contributed by atoms with Crippen molar-refractivity contribution in [3.8, 4) is 5.75 Å². The molecule has 1 aliphatic heterocycles. The number of pyridine rings is 1. The molecule has 0 radical (unpaired) electrons. The summed E-state index contributed by atoms with van der Waals surface area (Å²) in [7, 11) is 2.13. The van der Waals surface area contributed by atoms with Crippen molar-refractivity contribution < 1.29 is 18.3 Å². The lowest BCUT2D eigenvalue weighted by molar-refractivity contribution is 0.102. The lowest BCUT2D eigenvalue weighted by atomic mass is 10.2. The average molecular weight is 510 g/mol. The van der Waals surface area contributed by atoms with E-state index < -0.39 is 11.6 Å². The molecule has 1 aromatic carbocycles. The molecule has 1 N–H and O–H groups in total. The SMILES string of the molecule is Cc1nc2c(OCc3c(F)cccc3F)cccn2c1C(=O)Nc1cnn(CCN2CCN(C)CC2)c1. The quantitative estimate of drug-likeness (QED) is 0.393. The third kappa shape index (κ3) is 5.47. The van der Waals surface area contributed by atoms with Gasteiger partial charge in [-0.3, -0.25) is 18.8 Å². The summed E-state index contributed by atoms with van der Waals surface area (Å²) >= 11 is 0. The van der Waals surface area contributed by atoms with Gasteiger partial charge in [0.25, 0.3) is 5.91 Å². The first-order valence-electron chi connectivity index (χ1n) is 12.2. The summed E-state index contributed by atoms with van der Waals surface area (Å²) in [5.41, 5.74) is 1.62. The fraction of sp³-hybridized carbons (Fsp3) is 0.346. The van der Waals surface area contributed by atoms with Crippen LogP contribution in [-0.2, 0) is 13.2 Å². The first-order chi connectivity index (χ1) is 17.9. The Morgan fingerprint density at radius 2 is 1.84 bits per heavy atom. The zero-order valence-electron chi connectivity index (χ0n) is 20.8. The number of likely N-dealkylation sites (N-methyl/N-ethyl adjacent to an activating group) is 1. The number of amides is 1. The van der Waals surface area contributed by atoms with E-state index in [0.29, 0.717) is 28.5 Å². The van der Waals surface area contributed by atoms with E-state index >= 15 is 0 Å². The van der Waals surface area contributed by atoms with E-state index in [2.05, 4.69) is 32.2 Å². The van der Waals surface area contributed by atoms with Gasteiger partial charge in [0.1, 0.15) is 23.9 Å². The van der Waals surface area contributed by atoms with Gasteiger partial charge in [-0.1, -0.05) is 6.07 Å². The number of carbonyl (C=O) groups is 1. The van der Waals surface area contributed by atoms with Crippen molar-refractivity contribution in [1.29, 1.82) is 0 Å². The minimum Gasteiger partial charge on any atom is -0.485 e. The Hall–Kier alpha value is -3.83. The number of ether oxygens (including phenoxy) is 1. The molecule has 0 spiro atoms. The number of aryl methyl sites for hydroxylation is 1. The third-order valence-corrected chi connectivity index (χ3v) is 6.57. The van der Waals surface area contributed by atoms with Crippen molar-refractivity contribution in [3.05, 3.63) is 77.5 Å².